The Labute approximate surface area is 209 Å². The van der Waals surface area contributed by atoms with E-state index in [4.69, 9.17) is 9.47 Å². The molecule has 1 heterocycles. The van der Waals surface area contributed by atoms with Crippen molar-refractivity contribution in [3.8, 4) is 22.9 Å². The maximum absolute atomic E-state index is 12.4. The van der Waals surface area contributed by atoms with Crippen molar-refractivity contribution in [3.05, 3.63) is 54.1 Å². The van der Waals surface area contributed by atoms with Crippen molar-refractivity contribution in [1.29, 1.82) is 0 Å². The Morgan fingerprint density at radius 2 is 1.83 bits per heavy atom. The fourth-order valence-electron chi connectivity index (χ4n) is 4.10. The average Bonchev–Trinajstić information content (AvgIpc) is 3.32. The van der Waals surface area contributed by atoms with E-state index in [1.54, 1.807) is 32.6 Å². The highest BCUT2D eigenvalue weighted by atomic mass is 32.2. The summed E-state index contributed by atoms with van der Waals surface area (Å²) in [4.78, 5) is 12.4. The molecule has 1 amide bonds. The van der Waals surface area contributed by atoms with Crippen molar-refractivity contribution in [1.82, 2.24) is 20.2 Å². The van der Waals surface area contributed by atoms with Gasteiger partial charge in [-0.2, -0.15) is 5.10 Å². The van der Waals surface area contributed by atoms with E-state index in [1.807, 2.05) is 36.4 Å². The smallest absolute Gasteiger partial charge is 0.250 e. The Morgan fingerprint density at radius 3 is 2.54 bits per heavy atom. The van der Waals surface area contributed by atoms with Gasteiger partial charge in [0.05, 0.1) is 26.2 Å². The second-order valence-corrected chi connectivity index (χ2v) is 8.97. The van der Waals surface area contributed by atoms with Gasteiger partial charge in [-0.25, -0.2) is 5.43 Å². The van der Waals surface area contributed by atoms with Gasteiger partial charge < -0.3 is 14.9 Å². The average molecular weight is 498 g/mol. The molecular formula is C25H31N5O4S. The van der Waals surface area contributed by atoms with E-state index < -0.39 is 0 Å². The van der Waals surface area contributed by atoms with E-state index in [2.05, 4.69) is 25.3 Å². The zero-order valence-electron chi connectivity index (χ0n) is 19.9. The second kappa shape index (κ2) is 12.9. The minimum atomic E-state index is -0.207. The minimum absolute atomic E-state index is 0. The fourth-order valence-corrected chi connectivity index (χ4v) is 4.90. The molecule has 4 rings (SSSR count). The Kier molecular flexibility index (Phi) is 9.68. The molecule has 0 spiro atoms. The van der Waals surface area contributed by atoms with Gasteiger partial charge in [0.25, 0.3) is 5.91 Å². The van der Waals surface area contributed by atoms with Crippen LogP contribution in [0.25, 0.3) is 11.4 Å². The maximum Gasteiger partial charge on any atom is 0.250 e. The third kappa shape index (κ3) is 6.61. The first-order valence-electron chi connectivity index (χ1n) is 11.4. The first-order chi connectivity index (χ1) is 16.7. The number of amides is 1. The molecule has 0 bridgehead atoms. The van der Waals surface area contributed by atoms with Gasteiger partial charge in [-0.05, 0) is 36.6 Å². The number of hydrogen-bond acceptors (Lipinski definition) is 7. The van der Waals surface area contributed by atoms with Crippen molar-refractivity contribution in [2.75, 3.05) is 20.0 Å². The molecule has 3 aromatic rings. The predicted octanol–water partition coefficient (Wildman–Crippen LogP) is 3.89. The lowest BCUT2D eigenvalue weighted by atomic mass is 9.95. The summed E-state index contributed by atoms with van der Waals surface area (Å²) in [7, 11) is 3.16. The monoisotopic (exact) mass is 497 g/mol. The van der Waals surface area contributed by atoms with Crippen LogP contribution in [-0.4, -0.2) is 52.3 Å². The summed E-state index contributed by atoms with van der Waals surface area (Å²) >= 11 is 1.39. The number of carbonyl (C=O) groups is 1. The number of methoxy groups -OCH3 is 2. The molecule has 1 aliphatic carbocycles. The third-order valence-electron chi connectivity index (χ3n) is 5.78. The zero-order valence-corrected chi connectivity index (χ0v) is 20.8. The Bertz CT molecular complexity index is 1130. The summed E-state index contributed by atoms with van der Waals surface area (Å²) < 4.78 is 12.8. The third-order valence-corrected chi connectivity index (χ3v) is 6.72. The van der Waals surface area contributed by atoms with E-state index in [0.29, 0.717) is 17.5 Å². The molecule has 35 heavy (non-hydrogen) atoms. The quantitative estimate of drug-likeness (QED) is 0.272. The summed E-state index contributed by atoms with van der Waals surface area (Å²) in [5, 5.41) is 13.8. The van der Waals surface area contributed by atoms with Gasteiger partial charge in [0.1, 0.15) is 0 Å². The predicted molar refractivity (Wildman–Crippen MR) is 137 cm³/mol. The highest BCUT2D eigenvalue weighted by Gasteiger charge is 2.24. The van der Waals surface area contributed by atoms with Gasteiger partial charge in [-0.15, -0.1) is 10.2 Å². The molecule has 1 aromatic heterocycles. The lowest BCUT2D eigenvalue weighted by Crippen LogP contribution is -2.20. The number of ether oxygens (including phenoxy) is 2. The summed E-state index contributed by atoms with van der Waals surface area (Å²) in [6, 6.07) is 15.9. The molecule has 1 saturated carbocycles. The van der Waals surface area contributed by atoms with E-state index in [9.17, 15) is 4.79 Å². The molecule has 186 valence electrons. The first kappa shape index (κ1) is 26.2. The molecule has 0 atom stereocenters. The number of rotatable bonds is 9. The van der Waals surface area contributed by atoms with Crippen molar-refractivity contribution in [2.45, 2.75) is 43.3 Å². The minimum Gasteiger partial charge on any atom is -0.493 e. The van der Waals surface area contributed by atoms with Crippen LogP contribution >= 0.6 is 11.8 Å². The summed E-state index contributed by atoms with van der Waals surface area (Å²) in [6.45, 7) is 0. The summed E-state index contributed by atoms with van der Waals surface area (Å²) in [5.41, 5.74) is 4.41. The van der Waals surface area contributed by atoms with Crippen LogP contribution in [0.4, 0.5) is 0 Å². The first-order valence-corrected chi connectivity index (χ1v) is 12.3. The van der Waals surface area contributed by atoms with Crippen LogP contribution in [0.1, 0.15) is 43.7 Å². The Balaban J connectivity index is 0.00000342. The molecule has 0 unspecified atom stereocenters. The number of benzene rings is 2. The molecule has 0 saturated heterocycles. The van der Waals surface area contributed by atoms with E-state index in [0.717, 1.165) is 34.9 Å². The van der Waals surface area contributed by atoms with Crippen LogP contribution in [-0.2, 0) is 4.79 Å². The van der Waals surface area contributed by atoms with Gasteiger partial charge in [-0.3, -0.25) is 9.36 Å². The molecule has 2 aromatic carbocycles. The summed E-state index contributed by atoms with van der Waals surface area (Å²) in [6.07, 6.45) is 7.45. The van der Waals surface area contributed by atoms with Crippen LogP contribution < -0.4 is 14.9 Å². The largest absolute Gasteiger partial charge is 0.493 e. The van der Waals surface area contributed by atoms with E-state index in [-0.39, 0.29) is 17.1 Å². The van der Waals surface area contributed by atoms with Crippen LogP contribution in [0, 0.1) is 0 Å². The van der Waals surface area contributed by atoms with E-state index in [1.165, 1.54) is 31.0 Å². The summed E-state index contributed by atoms with van der Waals surface area (Å²) in [5.74, 6) is 2.09. The van der Waals surface area contributed by atoms with Crippen LogP contribution in [0.15, 0.2) is 58.8 Å². The number of nitrogens with zero attached hydrogens (tertiary/aromatic N) is 4. The zero-order chi connectivity index (χ0) is 23.8. The SMILES string of the molecule is COc1ccc(/C=N/NC(=O)CSc2nnc(-c3ccccc3)n2C2CCCCC2)cc1OC.O. The van der Waals surface area contributed by atoms with Crippen LogP contribution in [0.2, 0.25) is 0 Å². The number of carbonyl (C=O) groups excluding carboxylic acids is 1. The standard InChI is InChI=1S/C25H29N5O3S.H2O/c1-32-21-14-13-18(15-22(21)33-2)16-26-27-23(31)17-34-25-29-28-24(19-9-5-3-6-10-19)30(25)20-11-7-4-8-12-20;/h3,5-6,9-10,13-16,20H,4,7-8,11-12,17H2,1-2H3,(H,27,31);1H2/b26-16+;. The Hall–Kier alpha value is -3.37. The van der Waals surface area contributed by atoms with E-state index >= 15 is 0 Å². The molecule has 10 heteroatoms. The lowest BCUT2D eigenvalue weighted by molar-refractivity contribution is -0.118. The molecule has 1 fully saturated rings. The number of hydrazone groups is 1. The highest BCUT2D eigenvalue weighted by molar-refractivity contribution is 7.99. The van der Waals surface area contributed by atoms with Gasteiger partial charge in [0, 0.05) is 11.6 Å². The molecule has 0 aliphatic heterocycles. The number of hydrogen-bond donors (Lipinski definition) is 1. The van der Waals surface area contributed by atoms with Gasteiger partial charge in [0.15, 0.2) is 22.5 Å². The number of thioether (sulfide) groups is 1. The van der Waals surface area contributed by atoms with Crippen molar-refractivity contribution in [2.24, 2.45) is 5.10 Å². The normalized spacial score (nSPS) is 13.9. The number of aromatic nitrogens is 3. The van der Waals surface area contributed by atoms with Gasteiger partial charge >= 0.3 is 0 Å². The van der Waals surface area contributed by atoms with Crippen molar-refractivity contribution in [3.63, 3.8) is 0 Å². The molecule has 3 N–H and O–H groups in total. The van der Waals surface area contributed by atoms with Gasteiger partial charge in [-0.1, -0.05) is 61.4 Å². The molecule has 9 nitrogen and oxygen atoms in total. The molecule has 1 aliphatic rings. The van der Waals surface area contributed by atoms with Crippen molar-refractivity contribution >= 4 is 23.9 Å². The van der Waals surface area contributed by atoms with Crippen LogP contribution in [0.5, 0.6) is 11.5 Å². The molecule has 0 radical (unpaired) electrons. The lowest BCUT2D eigenvalue weighted by Gasteiger charge is -2.25. The molecular weight excluding hydrogens is 466 g/mol. The van der Waals surface area contributed by atoms with Crippen molar-refractivity contribution < 1.29 is 19.7 Å². The second-order valence-electron chi connectivity index (χ2n) is 8.03. The fraction of sp³-hybridized carbons (Fsp3) is 0.360. The topological polar surface area (TPSA) is 122 Å². The van der Waals surface area contributed by atoms with Crippen LogP contribution in [0.3, 0.4) is 0 Å². The number of nitrogens with one attached hydrogen (secondary N) is 1. The van der Waals surface area contributed by atoms with Gasteiger partial charge in [0.2, 0.25) is 0 Å². The Morgan fingerprint density at radius 1 is 1.09 bits per heavy atom. The highest BCUT2D eigenvalue weighted by Crippen LogP contribution is 2.35. The maximum atomic E-state index is 12.4.